The molecule has 1 aromatic carbocycles. The highest BCUT2D eigenvalue weighted by Gasteiger charge is 2.53. The number of halogens is 2. The van der Waals surface area contributed by atoms with Gasteiger partial charge in [0.2, 0.25) is 0 Å². The van der Waals surface area contributed by atoms with E-state index in [4.69, 9.17) is 27.2 Å². The molecule has 2 aliphatic rings. The zero-order valence-electron chi connectivity index (χ0n) is 19.0. The lowest BCUT2D eigenvalue weighted by atomic mass is 9.61. The van der Waals surface area contributed by atoms with Crippen molar-refractivity contribution in [1.29, 1.82) is 10.8 Å². The van der Waals surface area contributed by atoms with Crippen molar-refractivity contribution in [3.8, 4) is 5.75 Å². The van der Waals surface area contributed by atoms with E-state index in [-0.39, 0.29) is 23.0 Å². The Kier molecular flexibility index (Phi) is 5.81. The molecular weight excluding hydrogens is 457 g/mol. The molecule has 0 radical (unpaired) electrons. The third-order valence-corrected chi connectivity index (χ3v) is 7.41. The second kappa shape index (κ2) is 8.67. The van der Waals surface area contributed by atoms with Gasteiger partial charge < -0.3 is 14.2 Å². The minimum absolute atomic E-state index is 0.114. The van der Waals surface area contributed by atoms with E-state index < -0.39 is 0 Å². The Morgan fingerprint density at radius 2 is 2.06 bits per heavy atom. The smallest absolute Gasteiger partial charge is 0.259 e. The average molecular weight is 484 g/mol. The molecular formula is C25H27ClFN5O2. The maximum atomic E-state index is 14.1. The summed E-state index contributed by atoms with van der Waals surface area (Å²) in [5.74, 6) is 0.335. The van der Waals surface area contributed by atoms with Gasteiger partial charge in [0.1, 0.15) is 17.1 Å². The topological polar surface area (TPSA) is 87.1 Å². The van der Waals surface area contributed by atoms with Gasteiger partial charge in [-0.2, -0.15) is 0 Å². The van der Waals surface area contributed by atoms with Crippen molar-refractivity contribution >= 4 is 28.7 Å². The van der Waals surface area contributed by atoms with E-state index in [1.165, 1.54) is 16.8 Å². The molecule has 7 nitrogen and oxygen atoms in total. The minimum atomic E-state index is -0.369. The van der Waals surface area contributed by atoms with E-state index in [0.29, 0.717) is 33.6 Å². The van der Waals surface area contributed by atoms with Crippen LogP contribution in [0.3, 0.4) is 0 Å². The van der Waals surface area contributed by atoms with Crippen molar-refractivity contribution in [1.82, 2.24) is 14.0 Å². The maximum absolute atomic E-state index is 14.1. The number of hydrogen-bond acceptors (Lipinski definition) is 5. The highest BCUT2D eigenvalue weighted by atomic mass is 35.5. The largest absolute Gasteiger partial charge is 0.490 e. The normalized spacial score (nSPS) is 17.5. The molecule has 3 heterocycles. The number of benzene rings is 1. The van der Waals surface area contributed by atoms with Crippen LogP contribution in [0.4, 0.5) is 4.39 Å². The number of nitrogens with one attached hydrogen (secondary N) is 2. The number of nitrogens with zero attached hydrogens (tertiary/aromatic N) is 3. The summed E-state index contributed by atoms with van der Waals surface area (Å²) in [4.78, 5) is 14.9. The molecule has 0 atom stereocenters. The second-order valence-corrected chi connectivity index (χ2v) is 10.0. The molecule has 1 saturated heterocycles. The molecule has 2 fully saturated rings. The van der Waals surface area contributed by atoms with Crippen LogP contribution in [0.1, 0.15) is 24.8 Å². The van der Waals surface area contributed by atoms with Crippen molar-refractivity contribution in [2.45, 2.75) is 31.8 Å². The third-order valence-electron chi connectivity index (χ3n) is 7.09. The lowest BCUT2D eigenvalue weighted by Crippen LogP contribution is -2.64. The Balaban J connectivity index is 1.12. The first-order valence-corrected chi connectivity index (χ1v) is 11.8. The summed E-state index contributed by atoms with van der Waals surface area (Å²) in [5, 5.41) is 16.7. The van der Waals surface area contributed by atoms with Crippen molar-refractivity contribution in [3.63, 3.8) is 0 Å². The summed E-state index contributed by atoms with van der Waals surface area (Å²) in [5.41, 5.74) is 0.810. The van der Waals surface area contributed by atoms with Gasteiger partial charge in [-0.1, -0.05) is 11.6 Å². The first kappa shape index (κ1) is 22.8. The summed E-state index contributed by atoms with van der Waals surface area (Å²) in [6, 6.07) is 6.95. The lowest BCUT2D eigenvalue weighted by Gasteiger charge is -2.58. The van der Waals surface area contributed by atoms with Gasteiger partial charge in [-0.15, -0.1) is 0 Å². The van der Waals surface area contributed by atoms with Gasteiger partial charge in [-0.3, -0.25) is 20.2 Å². The molecule has 0 amide bonds. The first-order chi connectivity index (χ1) is 16.3. The summed E-state index contributed by atoms with van der Waals surface area (Å²) < 4.78 is 23.1. The average Bonchev–Trinajstić information content (AvgIpc) is 2.76. The second-order valence-electron chi connectivity index (χ2n) is 9.60. The molecule has 3 aromatic rings. The molecule has 9 heteroatoms. The molecule has 34 heavy (non-hydrogen) atoms. The fourth-order valence-electron chi connectivity index (χ4n) is 5.35. The van der Waals surface area contributed by atoms with Crippen molar-refractivity contribution in [2.24, 2.45) is 12.5 Å². The quantitative estimate of drug-likeness (QED) is 0.398. The number of pyridine rings is 2. The Morgan fingerprint density at radius 3 is 2.79 bits per heavy atom. The first-order valence-electron chi connectivity index (χ1n) is 11.4. The Bertz CT molecular complexity index is 1380. The van der Waals surface area contributed by atoms with Crippen molar-refractivity contribution in [3.05, 3.63) is 68.9 Å². The predicted molar refractivity (Wildman–Crippen MR) is 129 cm³/mol. The van der Waals surface area contributed by atoms with E-state index in [2.05, 4.69) is 4.90 Å². The van der Waals surface area contributed by atoms with Gasteiger partial charge >= 0.3 is 0 Å². The summed E-state index contributed by atoms with van der Waals surface area (Å²) in [7, 11) is 1.71. The zero-order chi connectivity index (χ0) is 24.0. The number of likely N-dealkylation sites (tertiary alicyclic amines) is 1. The Morgan fingerprint density at radius 1 is 1.29 bits per heavy atom. The van der Waals surface area contributed by atoms with Crippen LogP contribution in [0, 0.1) is 22.1 Å². The monoisotopic (exact) mass is 483 g/mol. The van der Waals surface area contributed by atoms with E-state index in [9.17, 15) is 9.18 Å². The van der Waals surface area contributed by atoms with Crippen LogP contribution in [0.2, 0.25) is 5.02 Å². The summed E-state index contributed by atoms with van der Waals surface area (Å²) >= 11 is 6.28. The zero-order valence-corrected chi connectivity index (χ0v) is 19.7. The Hall–Kier alpha value is -2.97. The number of fused-ring (bicyclic) bond motifs is 1. The summed E-state index contributed by atoms with van der Waals surface area (Å²) in [6.45, 7) is 2.93. The van der Waals surface area contributed by atoms with Gasteiger partial charge in [0, 0.05) is 43.3 Å². The van der Waals surface area contributed by atoms with Crippen LogP contribution < -0.4 is 15.8 Å². The van der Waals surface area contributed by atoms with Crippen LogP contribution in [-0.4, -0.2) is 46.1 Å². The molecule has 0 unspecified atom stereocenters. The molecule has 5 rings (SSSR count). The fourth-order valence-corrected chi connectivity index (χ4v) is 5.60. The lowest BCUT2D eigenvalue weighted by molar-refractivity contribution is -0.118. The van der Waals surface area contributed by atoms with Crippen molar-refractivity contribution < 1.29 is 9.13 Å². The molecule has 1 aliphatic carbocycles. The van der Waals surface area contributed by atoms with E-state index in [1.807, 2.05) is 12.1 Å². The minimum Gasteiger partial charge on any atom is -0.490 e. The van der Waals surface area contributed by atoms with Gasteiger partial charge in [-0.25, -0.2) is 4.39 Å². The SMILES string of the molecule is Cn1ccc2c(OC3CC4(C3)CN(CCCc3cc(=N)n(C=N)cc3F)C4)ccc(Cl)c2c1=O. The van der Waals surface area contributed by atoms with Gasteiger partial charge in [-0.05, 0) is 62.1 Å². The molecule has 2 aromatic heterocycles. The van der Waals surface area contributed by atoms with Crippen LogP contribution in [0.15, 0.2) is 41.5 Å². The summed E-state index contributed by atoms with van der Waals surface area (Å²) in [6.07, 6.45) is 7.36. The van der Waals surface area contributed by atoms with E-state index in [0.717, 1.165) is 55.2 Å². The molecule has 1 saturated carbocycles. The Labute approximate surface area is 201 Å². The molecule has 1 aliphatic heterocycles. The van der Waals surface area contributed by atoms with Crippen LogP contribution in [0.25, 0.3) is 10.8 Å². The number of hydrogen-bond donors (Lipinski definition) is 2. The van der Waals surface area contributed by atoms with E-state index >= 15 is 0 Å². The maximum Gasteiger partial charge on any atom is 0.259 e. The van der Waals surface area contributed by atoms with Gasteiger partial charge in [0.05, 0.1) is 22.9 Å². The fraction of sp³-hybridized carbons (Fsp3) is 0.400. The van der Waals surface area contributed by atoms with Crippen LogP contribution in [0.5, 0.6) is 5.75 Å². The highest BCUT2D eigenvalue weighted by Crippen LogP contribution is 2.50. The van der Waals surface area contributed by atoms with E-state index in [1.54, 1.807) is 19.3 Å². The van der Waals surface area contributed by atoms with Gasteiger partial charge in [0.25, 0.3) is 5.56 Å². The van der Waals surface area contributed by atoms with Gasteiger partial charge in [0.15, 0.2) is 0 Å². The van der Waals surface area contributed by atoms with Crippen LogP contribution >= 0.6 is 11.6 Å². The molecule has 2 N–H and O–H groups in total. The highest BCUT2D eigenvalue weighted by molar-refractivity contribution is 6.35. The van der Waals surface area contributed by atoms with Crippen LogP contribution in [-0.2, 0) is 13.5 Å². The molecule has 1 spiro atoms. The van der Waals surface area contributed by atoms with Crippen molar-refractivity contribution in [2.75, 3.05) is 19.6 Å². The number of aromatic nitrogens is 2. The standard InChI is InChI=1S/C25H27ClFN5O2/c1-30-8-6-18-21(5-4-19(26)23(18)24(30)33)34-17-10-25(11-17)13-31(14-25)7-2-3-16-9-22(29)32(15-28)12-20(16)27/h4-6,8-9,12,15,17,28-29H,2-3,7,10-11,13-14H2,1H3. The molecule has 0 bridgehead atoms. The predicted octanol–water partition coefficient (Wildman–Crippen LogP) is 3.54. The number of aryl methyl sites for hydroxylation is 2. The number of rotatable bonds is 7. The molecule has 178 valence electrons. The third kappa shape index (κ3) is 4.05. The number of ether oxygens (including phenoxy) is 1.